The van der Waals surface area contributed by atoms with Crippen molar-refractivity contribution in [2.45, 2.75) is 59.3 Å². The molecule has 0 saturated heterocycles. The third-order valence-electron chi connectivity index (χ3n) is 5.55. The zero-order chi connectivity index (χ0) is 21.5. The molecule has 0 aliphatic heterocycles. The van der Waals surface area contributed by atoms with Crippen molar-refractivity contribution in [1.82, 2.24) is 10.1 Å². The molecule has 1 aromatic heterocycles. The zero-order valence-electron chi connectivity index (χ0n) is 18.9. The summed E-state index contributed by atoms with van der Waals surface area (Å²) in [5.74, 6) is 1.56. The number of aliphatic hydroxyl groups is 1. The molecule has 6 nitrogen and oxygen atoms in total. The van der Waals surface area contributed by atoms with Crippen LogP contribution in [0.4, 0.5) is 5.88 Å². The van der Waals surface area contributed by atoms with Crippen LogP contribution in [-0.4, -0.2) is 60.2 Å². The van der Waals surface area contributed by atoms with Gasteiger partial charge in [0, 0.05) is 38.3 Å². The molecule has 1 heterocycles. The molecule has 1 aromatic carbocycles. The third kappa shape index (κ3) is 6.30. The lowest BCUT2D eigenvalue weighted by Gasteiger charge is -2.27. The van der Waals surface area contributed by atoms with Crippen LogP contribution < -0.4 is 4.90 Å². The highest BCUT2D eigenvalue weighted by Gasteiger charge is 2.29. The summed E-state index contributed by atoms with van der Waals surface area (Å²) >= 11 is 0. The highest BCUT2D eigenvalue weighted by Crippen LogP contribution is 2.35. The van der Waals surface area contributed by atoms with Crippen LogP contribution in [0.3, 0.4) is 0 Å². The van der Waals surface area contributed by atoms with Crippen LogP contribution in [0, 0.1) is 5.92 Å². The van der Waals surface area contributed by atoms with Gasteiger partial charge in [-0.15, -0.1) is 0 Å². The van der Waals surface area contributed by atoms with Gasteiger partial charge in [-0.2, -0.15) is 0 Å². The van der Waals surface area contributed by atoms with E-state index >= 15 is 0 Å². The molecule has 1 aliphatic rings. The summed E-state index contributed by atoms with van der Waals surface area (Å²) in [7, 11) is 0. The standard InChI is InChI=1S/C24H37N3O3/c1-5-27(6-2)24-22(23(25-30-24)20-10-8-7-9-11-20)16-26(14-19-12-13-19)15-21(28)17-29-18(3)4/h7-11,18-19,21,28H,5-6,12-17H2,1-4H3. The van der Waals surface area contributed by atoms with Crippen molar-refractivity contribution in [3.8, 4) is 11.3 Å². The fourth-order valence-electron chi connectivity index (χ4n) is 3.77. The topological polar surface area (TPSA) is 62.0 Å². The molecule has 0 amide bonds. The Labute approximate surface area is 180 Å². The molecule has 166 valence electrons. The van der Waals surface area contributed by atoms with Crippen LogP contribution in [0.2, 0.25) is 0 Å². The van der Waals surface area contributed by atoms with Gasteiger partial charge in [-0.3, -0.25) is 4.90 Å². The average molecular weight is 416 g/mol. The number of ether oxygens (including phenoxy) is 1. The molecule has 6 heteroatoms. The van der Waals surface area contributed by atoms with Gasteiger partial charge in [-0.05, 0) is 46.5 Å². The number of nitrogens with zero attached hydrogens (tertiary/aromatic N) is 3. The summed E-state index contributed by atoms with van der Waals surface area (Å²) in [5.41, 5.74) is 3.05. The number of anilines is 1. The van der Waals surface area contributed by atoms with Gasteiger partial charge in [0.1, 0.15) is 5.69 Å². The lowest BCUT2D eigenvalue weighted by molar-refractivity contribution is -0.0100. The van der Waals surface area contributed by atoms with Crippen LogP contribution in [-0.2, 0) is 11.3 Å². The minimum absolute atomic E-state index is 0.119. The van der Waals surface area contributed by atoms with Crippen molar-refractivity contribution < 1.29 is 14.4 Å². The highest BCUT2D eigenvalue weighted by atomic mass is 16.5. The summed E-state index contributed by atoms with van der Waals surface area (Å²) in [6.07, 6.45) is 2.15. The lowest BCUT2D eigenvalue weighted by atomic mass is 10.1. The van der Waals surface area contributed by atoms with Gasteiger partial charge in [0.2, 0.25) is 5.88 Å². The first-order chi connectivity index (χ1) is 14.5. The normalized spacial score (nSPS) is 15.2. The van der Waals surface area contributed by atoms with Crippen LogP contribution in [0.5, 0.6) is 0 Å². The van der Waals surface area contributed by atoms with Gasteiger partial charge in [0.05, 0.1) is 24.4 Å². The molecule has 0 radical (unpaired) electrons. The highest BCUT2D eigenvalue weighted by molar-refractivity contribution is 5.68. The molecule has 1 aliphatic carbocycles. The maximum absolute atomic E-state index is 10.6. The predicted molar refractivity (Wildman–Crippen MR) is 121 cm³/mol. The van der Waals surface area contributed by atoms with Crippen molar-refractivity contribution in [3.05, 3.63) is 35.9 Å². The summed E-state index contributed by atoms with van der Waals surface area (Å²) < 4.78 is 11.5. The van der Waals surface area contributed by atoms with Gasteiger partial charge in [-0.1, -0.05) is 35.5 Å². The van der Waals surface area contributed by atoms with Gasteiger partial charge < -0.3 is 19.3 Å². The third-order valence-corrected chi connectivity index (χ3v) is 5.55. The Morgan fingerprint density at radius 2 is 1.87 bits per heavy atom. The lowest BCUT2D eigenvalue weighted by Crippen LogP contribution is -2.37. The molecule has 1 atom stereocenters. The summed E-state index contributed by atoms with van der Waals surface area (Å²) in [5, 5.41) is 15.0. The molecule has 0 bridgehead atoms. The van der Waals surface area contributed by atoms with Crippen molar-refractivity contribution in [1.29, 1.82) is 0 Å². The quantitative estimate of drug-likeness (QED) is 0.529. The van der Waals surface area contributed by atoms with Crippen LogP contribution in [0.25, 0.3) is 11.3 Å². The molecule has 3 rings (SSSR count). The number of aromatic nitrogens is 1. The van der Waals surface area contributed by atoms with E-state index in [0.717, 1.165) is 48.3 Å². The zero-order valence-corrected chi connectivity index (χ0v) is 18.9. The van der Waals surface area contributed by atoms with Crippen LogP contribution >= 0.6 is 0 Å². The number of hydrogen-bond acceptors (Lipinski definition) is 6. The maximum atomic E-state index is 10.6. The Morgan fingerprint density at radius 1 is 1.17 bits per heavy atom. The second-order valence-electron chi connectivity index (χ2n) is 8.53. The molecular weight excluding hydrogens is 378 g/mol. The Kier molecular flexibility index (Phi) is 8.31. The first-order valence-corrected chi connectivity index (χ1v) is 11.3. The van der Waals surface area contributed by atoms with E-state index in [1.165, 1.54) is 12.8 Å². The van der Waals surface area contributed by atoms with Gasteiger partial charge in [0.15, 0.2) is 0 Å². The fourth-order valence-corrected chi connectivity index (χ4v) is 3.77. The average Bonchev–Trinajstić information content (AvgIpc) is 3.46. The summed E-state index contributed by atoms with van der Waals surface area (Å²) in [6, 6.07) is 10.2. The van der Waals surface area contributed by atoms with Crippen molar-refractivity contribution >= 4 is 5.88 Å². The van der Waals surface area contributed by atoms with E-state index in [1.54, 1.807) is 0 Å². The van der Waals surface area contributed by atoms with Crippen molar-refractivity contribution in [3.63, 3.8) is 0 Å². The molecule has 30 heavy (non-hydrogen) atoms. The Bertz CT molecular complexity index is 754. The number of aliphatic hydroxyl groups excluding tert-OH is 1. The Morgan fingerprint density at radius 3 is 2.47 bits per heavy atom. The van der Waals surface area contributed by atoms with Crippen molar-refractivity contribution in [2.24, 2.45) is 5.92 Å². The molecule has 1 unspecified atom stereocenters. The van der Waals surface area contributed by atoms with Crippen LogP contribution in [0.1, 0.15) is 46.1 Å². The van der Waals surface area contributed by atoms with E-state index in [1.807, 2.05) is 32.0 Å². The fraction of sp³-hybridized carbons (Fsp3) is 0.625. The number of hydrogen-bond donors (Lipinski definition) is 1. The van der Waals surface area contributed by atoms with E-state index in [0.29, 0.717) is 19.7 Å². The Hall–Kier alpha value is -1.89. The molecular formula is C24H37N3O3. The molecule has 1 N–H and O–H groups in total. The van der Waals surface area contributed by atoms with E-state index in [9.17, 15) is 5.11 Å². The van der Waals surface area contributed by atoms with E-state index in [4.69, 9.17) is 9.26 Å². The molecule has 1 saturated carbocycles. The summed E-state index contributed by atoms with van der Waals surface area (Å²) in [4.78, 5) is 4.56. The van der Waals surface area contributed by atoms with E-state index < -0.39 is 6.10 Å². The number of rotatable bonds is 13. The minimum Gasteiger partial charge on any atom is -0.389 e. The second-order valence-corrected chi connectivity index (χ2v) is 8.53. The molecule has 2 aromatic rings. The monoisotopic (exact) mass is 415 g/mol. The Balaban J connectivity index is 1.85. The van der Waals surface area contributed by atoms with Crippen LogP contribution in [0.15, 0.2) is 34.9 Å². The van der Waals surface area contributed by atoms with Gasteiger partial charge in [0.25, 0.3) is 0 Å². The van der Waals surface area contributed by atoms with Gasteiger partial charge >= 0.3 is 0 Å². The largest absolute Gasteiger partial charge is 0.389 e. The first kappa shape index (κ1) is 22.8. The summed E-state index contributed by atoms with van der Waals surface area (Å²) in [6.45, 7) is 12.6. The van der Waals surface area contributed by atoms with E-state index in [-0.39, 0.29) is 6.10 Å². The predicted octanol–water partition coefficient (Wildman–Crippen LogP) is 4.19. The van der Waals surface area contributed by atoms with E-state index in [2.05, 4.69) is 40.9 Å². The second kappa shape index (κ2) is 10.9. The number of benzene rings is 1. The first-order valence-electron chi connectivity index (χ1n) is 11.3. The SMILES string of the molecule is CCN(CC)c1onc(-c2ccccc2)c1CN(CC(O)COC(C)C)CC1CC1. The molecule has 0 spiro atoms. The maximum Gasteiger partial charge on any atom is 0.232 e. The molecule has 1 fully saturated rings. The van der Waals surface area contributed by atoms with Gasteiger partial charge in [-0.25, -0.2) is 0 Å². The minimum atomic E-state index is -0.511. The smallest absolute Gasteiger partial charge is 0.232 e. The van der Waals surface area contributed by atoms with Crippen molar-refractivity contribution in [2.75, 3.05) is 37.7 Å².